The van der Waals surface area contributed by atoms with E-state index < -0.39 is 0 Å². The number of piperidine rings is 1. The first kappa shape index (κ1) is 10.1. The zero-order valence-corrected chi connectivity index (χ0v) is 8.45. The van der Waals surface area contributed by atoms with E-state index in [0.717, 1.165) is 31.8 Å². The second-order valence-electron chi connectivity index (χ2n) is 3.31. The second-order valence-corrected chi connectivity index (χ2v) is 4.17. The Bertz CT molecular complexity index is 143. The van der Waals surface area contributed by atoms with E-state index in [1.165, 1.54) is 24.6 Å². The number of thioether (sulfide) groups is 1. The van der Waals surface area contributed by atoms with Gasteiger partial charge < -0.3 is 5.32 Å². The molecule has 1 rings (SSSR count). The topological polar surface area (TPSA) is 29.1 Å². The van der Waals surface area contributed by atoms with Crippen molar-refractivity contribution in [3.05, 3.63) is 0 Å². The fourth-order valence-corrected chi connectivity index (χ4v) is 1.92. The molecule has 1 aliphatic heterocycles. The van der Waals surface area contributed by atoms with Gasteiger partial charge in [-0.05, 0) is 44.5 Å². The fourth-order valence-electron chi connectivity index (χ4n) is 1.59. The molecule has 1 heterocycles. The highest BCUT2D eigenvalue weighted by Crippen LogP contribution is 2.19. The van der Waals surface area contributed by atoms with Gasteiger partial charge in [-0.15, -0.1) is 0 Å². The van der Waals surface area contributed by atoms with Gasteiger partial charge in [0.15, 0.2) is 5.12 Å². The summed E-state index contributed by atoms with van der Waals surface area (Å²) in [5, 5.41) is 3.67. The zero-order chi connectivity index (χ0) is 8.81. The van der Waals surface area contributed by atoms with Crippen molar-refractivity contribution >= 4 is 16.9 Å². The molecule has 0 aromatic heterocycles. The first-order valence-electron chi connectivity index (χ1n) is 4.60. The highest BCUT2D eigenvalue weighted by Gasteiger charge is 2.13. The summed E-state index contributed by atoms with van der Waals surface area (Å²) in [6.07, 6.45) is 6.24. The third-order valence-electron chi connectivity index (χ3n) is 2.44. The quantitative estimate of drug-likeness (QED) is 0.728. The molecule has 0 bridgehead atoms. The number of carbonyl (C=O) groups is 1. The third-order valence-corrected chi connectivity index (χ3v) is 3.10. The van der Waals surface area contributed by atoms with Crippen LogP contribution >= 0.6 is 11.8 Å². The van der Waals surface area contributed by atoms with Crippen LogP contribution in [0.15, 0.2) is 0 Å². The Kier molecular flexibility index (Phi) is 4.69. The minimum absolute atomic E-state index is 0.341. The summed E-state index contributed by atoms with van der Waals surface area (Å²) >= 11 is 1.36. The van der Waals surface area contributed by atoms with E-state index in [-0.39, 0.29) is 0 Å². The monoisotopic (exact) mass is 187 g/mol. The Balaban J connectivity index is 2.09. The third kappa shape index (κ3) is 3.59. The molecule has 12 heavy (non-hydrogen) atoms. The van der Waals surface area contributed by atoms with Crippen LogP contribution in [-0.4, -0.2) is 24.5 Å². The van der Waals surface area contributed by atoms with Gasteiger partial charge in [0.25, 0.3) is 0 Å². The molecule has 0 spiro atoms. The summed E-state index contributed by atoms with van der Waals surface area (Å²) in [5.74, 6) is 0.794. The number of nitrogens with one attached hydrogen (secondary N) is 1. The van der Waals surface area contributed by atoms with Crippen molar-refractivity contribution in [3.8, 4) is 0 Å². The summed E-state index contributed by atoms with van der Waals surface area (Å²) in [6.45, 7) is 2.27. The van der Waals surface area contributed by atoms with Crippen molar-refractivity contribution in [1.29, 1.82) is 0 Å². The highest BCUT2D eigenvalue weighted by atomic mass is 32.2. The van der Waals surface area contributed by atoms with Gasteiger partial charge in [-0.3, -0.25) is 4.79 Å². The van der Waals surface area contributed by atoms with Crippen LogP contribution in [0.2, 0.25) is 0 Å². The summed E-state index contributed by atoms with van der Waals surface area (Å²) < 4.78 is 0. The maximum atomic E-state index is 11.0. The molecule has 0 radical (unpaired) electrons. The molecule has 0 aromatic rings. The van der Waals surface area contributed by atoms with Crippen LogP contribution < -0.4 is 5.32 Å². The average molecular weight is 187 g/mol. The maximum Gasteiger partial charge on any atom is 0.188 e. The van der Waals surface area contributed by atoms with Gasteiger partial charge in [0, 0.05) is 6.42 Å². The maximum absolute atomic E-state index is 11.0. The first-order valence-corrected chi connectivity index (χ1v) is 5.83. The Morgan fingerprint density at radius 3 is 2.75 bits per heavy atom. The van der Waals surface area contributed by atoms with Crippen LogP contribution in [0, 0.1) is 5.92 Å². The molecule has 1 fully saturated rings. The van der Waals surface area contributed by atoms with E-state index in [2.05, 4.69) is 5.32 Å². The number of hydrogen-bond donors (Lipinski definition) is 1. The molecule has 1 saturated heterocycles. The molecule has 70 valence electrons. The largest absolute Gasteiger partial charge is 0.317 e. The van der Waals surface area contributed by atoms with Crippen molar-refractivity contribution in [2.75, 3.05) is 19.3 Å². The minimum Gasteiger partial charge on any atom is -0.317 e. The summed E-state index contributed by atoms with van der Waals surface area (Å²) in [5.41, 5.74) is 0. The van der Waals surface area contributed by atoms with Crippen molar-refractivity contribution in [1.82, 2.24) is 5.32 Å². The van der Waals surface area contributed by atoms with Crippen LogP contribution in [-0.2, 0) is 4.79 Å². The van der Waals surface area contributed by atoms with Gasteiger partial charge in [-0.2, -0.15) is 0 Å². The molecule has 0 unspecified atom stereocenters. The lowest BCUT2D eigenvalue weighted by molar-refractivity contribution is -0.111. The number of rotatable bonds is 3. The van der Waals surface area contributed by atoms with Crippen molar-refractivity contribution < 1.29 is 4.79 Å². The predicted octanol–water partition coefficient (Wildman–Crippen LogP) is 1.66. The van der Waals surface area contributed by atoms with E-state index in [0.29, 0.717) is 5.12 Å². The smallest absolute Gasteiger partial charge is 0.188 e. The van der Waals surface area contributed by atoms with Crippen molar-refractivity contribution in [2.24, 2.45) is 5.92 Å². The van der Waals surface area contributed by atoms with Crippen LogP contribution in [0.3, 0.4) is 0 Å². The van der Waals surface area contributed by atoms with E-state index in [4.69, 9.17) is 0 Å². The van der Waals surface area contributed by atoms with Crippen molar-refractivity contribution in [2.45, 2.75) is 25.7 Å². The second kappa shape index (κ2) is 5.60. The van der Waals surface area contributed by atoms with Crippen LogP contribution in [0.25, 0.3) is 0 Å². The SMILES string of the molecule is CSC(=O)CCC1CCNCC1. The molecule has 0 aromatic carbocycles. The molecule has 0 amide bonds. The van der Waals surface area contributed by atoms with Gasteiger partial charge in [-0.25, -0.2) is 0 Å². The standard InChI is InChI=1S/C9H17NOS/c1-12-9(11)3-2-8-4-6-10-7-5-8/h8,10H,2-7H2,1H3. The molecule has 1 aliphatic rings. The first-order chi connectivity index (χ1) is 5.83. The normalized spacial score (nSPS) is 19.4. The molecule has 0 aliphatic carbocycles. The van der Waals surface area contributed by atoms with E-state index in [9.17, 15) is 4.79 Å². The zero-order valence-electron chi connectivity index (χ0n) is 7.64. The predicted molar refractivity (Wildman–Crippen MR) is 53.3 cm³/mol. The molecular formula is C9H17NOS. The lowest BCUT2D eigenvalue weighted by Crippen LogP contribution is -2.27. The number of hydrogen-bond acceptors (Lipinski definition) is 3. The molecule has 0 atom stereocenters. The van der Waals surface area contributed by atoms with Gasteiger partial charge in [0.2, 0.25) is 0 Å². The Hall–Kier alpha value is -0.0200. The van der Waals surface area contributed by atoms with Gasteiger partial charge >= 0.3 is 0 Å². The van der Waals surface area contributed by atoms with Crippen molar-refractivity contribution in [3.63, 3.8) is 0 Å². The van der Waals surface area contributed by atoms with E-state index in [1.54, 1.807) is 0 Å². The lowest BCUT2D eigenvalue weighted by atomic mass is 9.93. The van der Waals surface area contributed by atoms with Crippen LogP contribution in [0.5, 0.6) is 0 Å². The van der Waals surface area contributed by atoms with Crippen LogP contribution in [0.4, 0.5) is 0 Å². The summed E-state index contributed by atoms with van der Waals surface area (Å²) in [6, 6.07) is 0. The summed E-state index contributed by atoms with van der Waals surface area (Å²) in [4.78, 5) is 11.0. The highest BCUT2D eigenvalue weighted by molar-refractivity contribution is 8.13. The average Bonchev–Trinajstić information content (AvgIpc) is 2.16. The molecule has 3 heteroatoms. The summed E-state index contributed by atoms with van der Waals surface area (Å²) in [7, 11) is 0. The van der Waals surface area contributed by atoms with E-state index >= 15 is 0 Å². The number of carbonyl (C=O) groups excluding carboxylic acids is 1. The lowest BCUT2D eigenvalue weighted by Gasteiger charge is -2.21. The molecule has 1 N–H and O–H groups in total. The fraction of sp³-hybridized carbons (Fsp3) is 0.889. The van der Waals surface area contributed by atoms with Gasteiger partial charge in [0.1, 0.15) is 0 Å². The Morgan fingerprint density at radius 1 is 1.50 bits per heavy atom. The van der Waals surface area contributed by atoms with Gasteiger partial charge in [0.05, 0.1) is 0 Å². The Labute approximate surface area is 78.5 Å². The Morgan fingerprint density at radius 2 is 2.17 bits per heavy atom. The van der Waals surface area contributed by atoms with Crippen LogP contribution in [0.1, 0.15) is 25.7 Å². The molecule has 2 nitrogen and oxygen atoms in total. The molecule has 0 saturated carbocycles. The van der Waals surface area contributed by atoms with E-state index in [1.807, 2.05) is 6.26 Å². The molecular weight excluding hydrogens is 170 g/mol. The minimum atomic E-state index is 0.341. The van der Waals surface area contributed by atoms with Gasteiger partial charge in [-0.1, -0.05) is 11.8 Å².